The SMILES string of the molecule is CC(C=O)NC(=O)C(C)(C)NC(N)=O. The smallest absolute Gasteiger partial charge is 0.313 e. The summed E-state index contributed by atoms with van der Waals surface area (Å²) in [5, 5.41) is 4.66. The lowest BCUT2D eigenvalue weighted by Crippen LogP contribution is -2.57. The normalized spacial score (nSPS) is 12.8. The highest BCUT2D eigenvalue weighted by atomic mass is 16.2. The molecule has 0 heterocycles. The average Bonchev–Trinajstić information content (AvgIpc) is 2.01. The summed E-state index contributed by atoms with van der Waals surface area (Å²) >= 11 is 0. The van der Waals surface area contributed by atoms with E-state index >= 15 is 0 Å². The van der Waals surface area contributed by atoms with Crippen LogP contribution in [0.5, 0.6) is 0 Å². The van der Waals surface area contributed by atoms with E-state index < -0.39 is 23.5 Å². The van der Waals surface area contributed by atoms with Gasteiger partial charge in [0, 0.05) is 0 Å². The molecule has 0 saturated carbocycles. The van der Waals surface area contributed by atoms with E-state index in [0.29, 0.717) is 6.29 Å². The molecule has 0 radical (unpaired) electrons. The molecule has 0 aromatic carbocycles. The van der Waals surface area contributed by atoms with E-state index in [1.807, 2.05) is 0 Å². The predicted molar refractivity (Wildman–Crippen MR) is 50.5 cm³/mol. The summed E-state index contributed by atoms with van der Waals surface area (Å²) in [6, 6.07) is -1.37. The van der Waals surface area contributed by atoms with Gasteiger partial charge in [0.2, 0.25) is 5.91 Å². The van der Waals surface area contributed by atoms with E-state index in [4.69, 9.17) is 5.73 Å². The summed E-state index contributed by atoms with van der Waals surface area (Å²) in [6.07, 6.45) is 0.595. The standard InChI is InChI=1S/C8H15N3O3/c1-5(4-12)10-6(13)8(2,3)11-7(9)14/h4-5H,1-3H3,(H,10,13)(H3,9,11,14). The van der Waals surface area contributed by atoms with Crippen molar-refractivity contribution < 1.29 is 14.4 Å². The van der Waals surface area contributed by atoms with Crippen molar-refractivity contribution in [2.75, 3.05) is 0 Å². The number of primary amides is 1. The monoisotopic (exact) mass is 201 g/mol. The van der Waals surface area contributed by atoms with Crippen molar-refractivity contribution in [1.29, 1.82) is 0 Å². The number of rotatable bonds is 4. The van der Waals surface area contributed by atoms with Gasteiger partial charge in [0.15, 0.2) is 0 Å². The quantitative estimate of drug-likeness (QED) is 0.515. The number of aldehydes is 1. The van der Waals surface area contributed by atoms with Crippen LogP contribution in [-0.4, -0.2) is 29.8 Å². The molecule has 0 spiro atoms. The lowest BCUT2D eigenvalue weighted by molar-refractivity contribution is -0.128. The molecule has 0 aliphatic heterocycles. The number of carbonyl (C=O) groups excluding carboxylic acids is 3. The molecule has 1 unspecified atom stereocenters. The number of hydrogen-bond acceptors (Lipinski definition) is 3. The third-order valence-corrected chi connectivity index (χ3v) is 1.57. The van der Waals surface area contributed by atoms with Crippen molar-refractivity contribution >= 4 is 18.2 Å². The minimum Gasteiger partial charge on any atom is -0.352 e. The fourth-order valence-electron chi connectivity index (χ4n) is 0.786. The first-order chi connectivity index (χ1) is 6.29. The van der Waals surface area contributed by atoms with Crippen molar-refractivity contribution in [3.63, 3.8) is 0 Å². The average molecular weight is 201 g/mol. The van der Waals surface area contributed by atoms with E-state index in [1.54, 1.807) is 0 Å². The number of urea groups is 1. The molecule has 6 heteroatoms. The number of carbonyl (C=O) groups is 3. The largest absolute Gasteiger partial charge is 0.352 e. The molecule has 0 fully saturated rings. The van der Waals surface area contributed by atoms with Gasteiger partial charge in [-0.3, -0.25) is 4.79 Å². The van der Waals surface area contributed by atoms with Gasteiger partial charge in [0.25, 0.3) is 0 Å². The van der Waals surface area contributed by atoms with Gasteiger partial charge >= 0.3 is 6.03 Å². The second-order valence-corrected chi connectivity index (χ2v) is 3.51. The predicted octanol–water partition coefficient (Wildman–Crippen LogP) is -0.863. The first-order valence-electron chi connectivity index (χ1n) is 4.13. The van der Waals surface area contributed by atoms with Crippen molar-refractivity contribution in [1.82, 2.24) is 10.6 Å². The summed E-state index contributed by atoms with van der Waals surface area (Å²) in [7, 11) is 0. The molecule has 0 aromatic heterocycles. The van der Waals surface area contributed by atoms with Crippen LogP contribution in [0.3, 0.4) is 0 Å². The molecule has 3 amide bonds. The molecule has 14 heavy (non-hydrogen) atoms. The molecular formula is C8H15N3O3. The molecular weight excluding hydrogens is 186 g/mol. The van der Waals surface area contributed by atoms with Gasteiger partial charge in [-0.2, -0.15) is 0 Å². The number of amides is 3. The molecule has 1 atom stereocenters. The second-order valence-electron chi connectivity index (χ2n) is 3.51. The molecule has 0 bridgehead atoms. The van der Waals surface area contributed by atoms with Crippen LogP contribution in [0.2, 0.25) is 0 Å². The number of nitrogens with two attached hydrogens (primary N) is 1. The molecule has 0 aromatic rings. The van der Waals surface area contributed by atoms with E-state index in [0.717, 1.165) is 0 Å². The Hall–Kier alpha value is -1.59. The van der Waals surface area contributed by atoms with Crippen molar-refractivity contribution in [3.8, 4) is 0 Å². The van der Waals surface area contributed by atoms with Gasteiger partial charge in [0.1, 0.15) is 11.8 Å². The maximum atomic E-state index is 11.4. The lowest BCUT2D eigenvalue weighted by Gasteiger charge is -2.24. The second kappa shape index (κ2) is 4.59. The first-order valence-corrected chi connectivity index (χ1v) is 4.13. The number of nitrogens with one attached hydrogen (secondary N) is 2. The molecule has 80 valence electrons. The maximum absolute atomic E-state index is 11.4. The van der Waals surface area contributed by atoms with Crippen LogP contribution in [-0.2, 0) is 9.59 Å². The number of hydrogen-bond donors (Lipinski definition) is 3. The minimum atomic E-state index is -1.12. The van der Waals surface area contributed by atoms with Crippen LogP contribution in [0, 0.1) is 0 Å². The van der Waals surface area contributed by atoms with Crippen molar-refractivity contribution in [2.24, 2.45) is 5.73 Å². The molecule has 0 saturated heterocycles. The van der Waals surface area contributed by atoms with E-state index in [9.17, 15) is 14.4 Å². The minimum absolute atomic E-state index is 0.462. The Morgan fingerprint density at radius 2 is 1.93 bits per heavy atom. The van der Waals surface area contributed by atoms with Crippen LogP contribution < -0.4 is 16.4 Å². The van der Waals surface area contributed by atoms with E-state index in [1.165, 1.54) is 20.8 Å². The first kappa shape index (κ1) is 12.4. The fourth-order valence-corrected chi connectivity index (χ4v) is 0.786. The zero-order chi connectivity index (χ0) is 11.4. The summed E-state index contributed by atoms with van der Waals surface area (Å²) in [4.78, 5) is 32.2. The molecule has 4 N–H and O–H groups in total. The van der Waals surface area contributed by atoms with Gasteiger partial charge in [-0.15, -0.1) is 0 Å². The summed E-state index contributed by atoms with van der Waals surface area (Å²) < 4.78 is 0. The highest BCUT2D eigenvalue weighted by Crippen LogP contribution is 2.01. The zero-order valence-corrected chi connectivity index (χ0v) is 8.46. The topological polar surface area (TPSA) is 101 Å². The highest BCUT2D eigenvalue weighted by Gasteiger charge is 2.29. The fraction of sp³-hybridized carbons (Fsp3) is 0.625. The van der Waals surface area contributed by atoms with Gasteiger partial charge in [-0.05, 0) is 20.8 Å². The Kier molecular flexibility index (Phi) is 4.07. The summed E-state index contributed by atoms with van der Waals surface area (Å²) in [5.74, 6) is -0.462. The summed E-state index contributed by atoms with van der Waals surface area (Å²) in [5.41, 5.74) is 3.76. The van der Waals surface area contributed by atoms with Gasteiger partial charge in [0.05, 0.1) is 6.04 Å². The highest BCUT2D eigenvalue weighted by molar-refractivity contribution is 5.91. The molecule has 0 rings (SSSR count). The summed E-state index contributed by atoms with van der Waals surface area (Å²) in [6.45, 7) is 4.51. The Labute approximate surface area is 82.2 Å². The van der Waals surface area contributed by atoms with Crippen LogP contribution >= 0.6 is 0 Å². The van der Waals surface area contributed by atoms with E-state index in [2.05, 4.69) is 10.6 Å². The van der Waals surface area contributed by atoms with Crippen LogP contribution in [0.15, 0.2) is 0 Å². The Morgan fingerprint density at radius 3 is 2.29 bits per heavy atom. The maximum Gasteiger partial charge on any atom is 0.313 e. The van der Waals surface area contributed by atoms with Gasteiger partial charge in [-0.1, -0.05) is 0 Å². The van der Waals surface area contributed by atoms with Crippen LogP contribution in [0.4, 0.5) is 4.79 Å². The van der Waals surface area contributed by atoms with Gasteiger partial charge in [-0.25, -0.2) is 4.79 Å². The van der Waals surface area contributed by atoms with Crippen LogP contribution in [0.25, 0.3) is 0 Å². The van der Waals surface area contributed by atoms with Crippen molar-refractivity contribution in [2.45, 2.75) is 32.4 Å². The molecule has 0 aliphatic carbocycles. The van der Waals surface area contributed by atoms with Crippen LogP contribution in [0.1, 0.15) is 20.8 Å². The van der Waals surface area contributed by atoms with Crippen molar-refractivity contribution in [3.05, 3.63) is 0 Å². The Bertz CT molecular complexity index is 250. The van der Waals surface area contributed by atoms with E-state index in [-0.39, 0.29) is 0 Å². The third kappa shape index (κ3) is 3.88. The molecule has 0 aliphatic rings. The lowest BCUT2D eigenvalue weighted by atomic mass is 10.0. The third-order valence-electron chi connectivity index (χ3n) is 1.57. The van der Waals surface area contributed by atoms with Gasteiger partial charge < -0.3 is 21.2 Å². The Balaban J connectivity index is 4.34. The zero-order valence-electron chi connectivity index (χ0n) is 8.46. The Morgan fingerprint density at radius 1 is 1.43 bits per heavy atom. The molecule has 6 nitrogen and oxygen atoms in total.